The van der Waals surface area contributed by atoms with Crippen LogP contribution in [0.2, 0.25) is 0 Å². The van der Waals surface area contributed by atoms with E-state index in [0.29, 0.717) is 11.3 Å². The summed E-state index contributed by atoms with van der Waals surface area (Å²) in [5.41, 5.74) is 1.43. The van der Waals surface area contributed by atoms with Crippen LogP contribution >= 0.6 is 0 Å². The summed E-state index contributed by atoms with van der Waals surface area (Å²) in [6.45, 7) is 0. The third-order valence-electron chi connectivity index (χ3n) is 3.47. The molecule has 0 radical (unpaired) electrons. The normalized spacial score (nSPS) is 11.4. The predicted octanol–water partition coefficient (Wildman–Crippen LogP) is 4.05. The van der Waals surface area contributed by atoms with Crippen LogP contribution in [0.25, 0.3) is 33.1 Å². The zero-order valence-corrected chi connectivity index (χ0v) is 10.1. The topological polar surface area (TPSA) is 30.2 Å². The molecule has 1 heterocycles. The average Bonchev–Trinajstić information content (AvgIpc) is 2.46. The van der Waals surface area contributed by atoms with Crippen molar-refractivity contribution in [2.45, 2.75) is 0 Å². The maximum atomic E-state index is 11.9. The van der Waals surface area contributed by atoms with Crippen molar-refractivity contribution >= 4 is 21.7 Å². The molecule has 1 aliphatic heterocycles. The summed E-state index contributed by atoms with van der Waals surface area (Å²) in [5.74, 6) is 0.635. The number of benzene rings is 3. The minimum absolute atomic E-state index is 0.00363. The maximum absolute atomic E-state index is 11.9. The first-order valence-corrected chi connectivity index (χ1v) is 6.17. The summed E-state index contributed by atoms with van der Waals surface area (Å²) in [6, 6.07) is 19.1. The lowest BCUT2D eigenvalue weighted by molar-refractivity contribution is 0.619. The van der Waals surface area contributed by atoms with Crippen LogP contribution in [0.4, 0.5) is 0 Å². The van der Waals surface area contributed by atoms with E-state index in [0.717, 1.165) is 21.7 Å². The van der Waals surface area contributed by atoms with Gasteiger partial charge in [0.25, 0.3) is 0 Å². The molecule has 4 rings (SSSR count). The van der Waals surface area contributed by atoms with E-state index < -0.39 is 0 Å². The van der Waals surface area contributed by atoms with Gasteiger partial charge < -0.3 is 4.42 Å². The molecular weight excluding hydrogens is 236 g/mol. The maximum Gasteiger partial charge on any atom is 0.189 e. The second-order valence-electron chi connectivity index (χ2n) is 4.61. The fraction of sp³-hybridized carbons (Fsp3) is 0. The van der Waals surface area contributed by atoms with Crippen molar-refractivity contribution in [3.05, 3.63) is 70.9 Å². The highest BCUT2D eigenvalue weighted by atomic mass is 16.3. The van der Waals surface area contributed by atoms with E-state index in [-0.39, 0.29) is 5.43 Å². The van der Waals surface area contributed by atoms with Crippen molar-refractivity contribution in [1.82, 2.24) is 0 Å². The van der Waals surface area contributed by atoms with E-state index in [1.807, 2.05) is 42.5 Å². The first-order chi connectivity index (χ1) is 9.33. The number of fused-ring (bicyclic) bond motifs is 4. The molecule has 2 aliphatic rings. The van der Waals surface area contributed by atoms with Gasteiger partial charge in [0.05, 0.1) is 5.56 Å². The molecular formula is C17H10O2. The average molecular weight is 246 g/mol. The largest absolute Gasteiger partial charge is 0.456 e. The van der Waals surface area contributed by atoms with Gasteiger partial charge in [0.15, 0.2) is 5.43 Å². The molecule has 0 aromatic heterocycles. The van der Waals surface area contributed by atoms with Crippen molar-refractivity contribution in [3.8, 4) is 11.3 Å². The second-order valence-corrected chi connectivity index (χ2v) is 4.61. The van der Waals surface area contributed by atoms with Crippen LogP contribution in [0.1, 0.15) is 0 Å². The highest BCUT2D eigenvalue weighted by Gasteiger charge is 2.11. The van der Waals surface area contributed by atoms with Crippen molar-refractivity contribution in [2.75, 3.05) is 0 Å². The van der Waals surface area contributed by atoms with Crippen LogP contribution in [0, 0.1) is 0 Å². The molecule has 0 atom stereocenters. The Balaban J connectivity index is 2.29. The first-order valence-electron chi connectivity index (χ1n) is 6.17. The van der Waals surface area contributed by atoms with Crippen LogP contribution in [0.5, 0.6) is 0 Å². The van der Waals surface area contributed by atoms with Crippen LogP contribution < -0.4 is 5.43 Å². The molecule has 2 heteroatoms. The zero-order chi connectivity index (χ0) is 12.8. The highest BCUT2D eigenvalue weighted by Crippen LogP contribution is 2.30. The first kappa shape index (κ1) is 10.3. The molecule has 2 aromatic carbocycles. The molecule has 0 saturated carbocycles. The van der Waals surface area contributed by atoms with E-state index in [4.69, 9.17) is 4.42 Å². The number of hydrogen-bond acceptors (Lipinski definition) is 2. The molecule has 0 unspecified atom stereocenters. The lowest BCUT2D eigenvalue weighted by atomic mass is 10.0. The van der Waals surface area contributed by atoms with E-state index in [2.05, 4.69) is 6.07 Å². The molecule has 90 valence electrons. The minimum atomic E-state index is -0.00363. The molecule has 0 fully saturated rings. The Morgan fingerprint density at radius 3 is 2.63 bits per heavy atom. The van der Waals surface area contributed by atoms with Gasteiger partial charge >= 0.3 is 0 Å². The summed E-state index contributed by atoms with van der Waals surface area (Å²) in [7, 11) is 0. The van der Waals surface area contributed by atoms with Gasteiger partial charge in [-0.25, -0.2) is 0 Å². The van der Waals surface area contributed by atoms with Crippen LogP contribution in [-0.4, -0.2) is 0 Å². The van der Waals surface area contributed by atoms with Crippen molar-refractivity contribution < 1.29 is 4.42 Å². The lowest BCUT2D eigenvalue weighted by Crippen LogP contribution is -2.02. The standard InChI is InChI=1S/C17H10O2/c18-15-6-3-7-16-14(15)10-13-12-5-2-1-4-11(12)8-9-17(13)19-16/h1-10H. The Kier molecular flexibility index (Phi) is 2.00. The lowest BCUT2D eigenvalue weighted by Gasteiger charge is -2.08. The molecule has 0 bridgehead atoms. The van der Waals surface area contributed by atoms with Gasteiger partial charge in [0.1, 0.15) is 11.3 Å². The fourth-order valence-electron chi connectivity index (χ4n) is 2.53. The molecule has 2 nitrogen and oxygen atoms in total. The molecule has 0 amide bonds. The molecule has 19 heavy (non-hydrogen) atoms. The van der Waals surface area contributed by atoms with E-state index in [1.165, 1.54) is 0 Å². The van der Waals surface area contributed by atoms with Gasteiger partial charge in [-0.05, 0) is 35.0 Å². The predicted molar refractivity (Wildman–Crippen MR) is 76.6 cm³/mol. The molecule has 0 N–H and O–H groups in total. The zero-order valence-electron chi connectivity index (χ0n) is 10.1. The van der Waals surface area contributed by atoms with Crippen LogP contribution in [0.3, 0.4) is 0 Å². The van der Waals surface area contributed by atoms with Crippen molar-refractivity contribution in [3.63, 3.8) is 0 Å². The molecule has 2 aromatic rings. The van der Waals surface area contributed by atoms with E-state index in [9.17, 15) is 4.79 Å². The minimum Gasteiger partial charge on any atom is -0.456 e. The molecule has 0 spiro atoms. The summed E-state index contributed by atoms with van der Waals surface area (Å²) < 4.78 is 5.84. The Morgan fingerprint density at radius 2 is 1.68 bits per heavy atom. The van der Waals surface area contributed by atoms with Crippen LogP contribution in [0.15, 0.2) is 69.9 Å². The molecule has 0 saturated heterocycles. The van der Waals surface area contributed by atoms with Crippen molar-refractivity contribution in [2.24, 2.45) is 0 Å². The number of hydrogen-bond donors (Lipinski definition) is 0. The third kappa shape index (κ3) is 1.47. The summed E-state index contributed by atoms with van der Waals surface area (Å²) in [4.78, 5) is 11.9. The Bertz CT molecular complexity index is 934. The molecule has 1 aliphatic carbocycles. The quantitative estimate of drug-likeness (QED) is 0.346. The third-order valence-corrected chi connectivity index (χ3v) is 3.47. The van der Waals surface area contributed by atoms with Crippen molar-refractivity contribution in [1.29, 1.82) is 0 Å². The number of rotatable bonds is 0. The second kappa shape index (κ2) is 3.69. The smallest absolute Gasteiger partial charge is 0.189 e. The summed E-state index contributed by atoms with van der Waals surface area (Å²) in [6.07, 6.45) is 0. The Labute approximate surface area is 109 Å². The van der Waals surface area contributed by atoms with Gasteiger partial charge in [0, 0.05) is 5.39 Å². The highest BCUT2D eigenvalue weighted by molar-refractivity contribution is 6.06. The van der Waals surface area contributed by atoms with Gasteiger partial charge in [-0.1, -0.05) is 36.4 Å². The summed E-state index contributed by atoms with van der Waals surface area (Å²) >= 11 is 0. The van der Waals surface area contributed by atoms with Gasteiger partial charge in [0.2, 0.25) is 0 Å². The summed E-state index contributed by atoms with van der Waals surface area (Å²) in [5, 5.41) is 3.23. The van der Waals surface area contributed by atoms with Gasteiger partial charge in [-0.2, -0.15) is 0 Å². The Hall–Kier alpha value is -2.61. The van der Waals surface area contributed by atoms with E-state index in [1.54, 1.807) is 12.1 Å². The SMILES string of the molecule is O=c1cccc2oc3ccc4ccccc4c3cc1-2. The van der Waals surface area contributed by atoms with Gasteiger partial charge in [-0.15, -0.1) is 0 Å². The fourth-order valence-corrected chi connectivity index (χ4v) is 2.53. The Morgan fingerprint density at radius 1 is 0.789 bits per heavy atom. The van der Waals surface area contributed by atoms with Gasteiger partial charge in [-0.3, -0.25) is 4.79 Å². The monoisotopic (exact) mass is 246 g/mol. The van der Waals surface area contributed by atoms with E-state index >= 15 is 0 Å². The van der Waals surface area contributed by atoms with Crippen LogP contribution in [-0.2, 0) is 0 Å².